The Morgan fingerprint density at radius 3 is 2.39 bits per heavy atom. The molecule has 0 heterocycles. The van der Waals surface area contributed by atoms with Gasteiger partial charge in [-0.15, -0.1) is 0 Å². The first-order valence-electron chi connectivity index (χ1n) is 9.93. The van der Waals surface area contributed by atoms with E-state index in [9.17, 15) is 14.9 Å². The molecule has 0 spiro atoms. The highest BCUT2D eigenvalue weighted by Gasteiger charge is 2.14. The largest absolute Gasteiger partial charge is 0.493 e. The van der Waals surface area contributed by atoms with Crippen LogP contribution in [0.5, 0.6) is 11.5 Å². The third-order valence-corrected chi connectivity index (χ3v) is 4.52. The number of likely N-dealkylation sites (N-methyl/N-ethyl adjacent to an activating group) is 1. The van der Waals surface area contributed by atoms with E-state index in [2.05, 4.69) is 0 Å². The number of hydrogen-bond donors (Lipinski definition) is 0. The van der Waals surface area contributed by atoms with Gasteiger partial charge in [-0.3, -0.25) is 4.79 Å². The minimum absolute atomic E-state index is 0.0787. The zero-order valence-corrected chi connectivity index (χ0v) is 18.0. The molecule has 0 aliphatic rings. The molecule has 0 unspecified atom stereocenters. The number of ether oxygens (including phenoxy) is 3. The lowest BCUT2D eigenvalue weighted by Crippen LogP contribution is -2.34. The molecule has 0 radical (unpaired) electrons. The topological polar surface area (TPSA) is 88.9 Å². The normalized spacial score (nSPS) is 10.7. The van der Waals surface area contributed by atoms with Gasteiger partial charge in [-0.2, -0.15) is 5.26 Å². The molecule has 162 valence electrons. The average Bonchev–Trinajstić information content (AvgIpc) is 2.81. The molecular formula is C24H26N2O5. The fourth-order valence-electron chi connectivity index (χ4n) is 2.80. The lowest BCUT2D eigenvalue weighted by Gasteiger charge is -2.19. The molecular weight excluding hydrogens is 396 g/mol. The first-order chi connectivity index (χ1) is 15.0. The molecule has 7 nitrogen and oxygen atoms in total. The maximum Gasteiger partial charge on any atom is 0.349 e. The molecule has 31 heavy (non-hydrogen) atoms. The second-order valence-electron chi connectivity index (χ2n) is 6.50. The number of hydrogen-bond acceptors (Lipinski definition) is 6. The van der Waals surface area contributed by atoms with Gasteiger partial charge in [0, 0.05) is 13.1 Å². The number of carbonyl (C=O) groups is 2. The molecule has 7 heteroatoms. The van der Waals surface area contributed by atoms with Crippen LogP contribution < -0.4 is 9.47 Å². The van der Waals surface area contributed by atoms with Gasteiger partial charge in [0.05, 0.1) is 7.11 Å². The van der Waals surface area contributed by atoms with Gasteiger partial charge in [0.25, 0.3) is 5.91 Å². The first kappa shape index (κ1) is 23.5. The van der Waals surface area contributed by atoms with Crippen LogP contribution in [0.1, 0.15) is 25.0 Å². The van der Waals surface area contributed by atoms with Crippen LogP contribution in [-0.4, -0.2) is 43.6 Å². The average molecular weight is 422 g/mol. The molecule has 2 aromatic carbocycles. The molecule has 0 aromatic heterocycles. The zero-order valence-electron chi connectivity index (χ0n) is 18.0. The molecule has 2 rings (SSSR count). The van der Waals surface area contributed by atoms with Crippen molar-refractivity contribution in [2.24, 2.45) is 0 Å². The molecule has 0 fully saturated rings. The van der Waals surface area contributed by atoms with Crippen LogP contribution in [0.15, 0.2) is 54.1 Å². The van der Waals surface area contributed by atoms with E-state index in [1.807, 2.05) is 50.2 Å². The van der Waals surface area contributed by atoms with Crippen molar-refractivity contribution in [3.63, 3.8) is 0 Å². The van der Waals surface area contributed by atoms with Crippen LogP contribution in [0.4, 0.5) is 0 Å². The number of methoxy groups -OCH3 is 1. The fraction of sp³-hybridized carbons (Fsp3) is 0.292. The van der Waals surface area contributed by atoms with Gasteiger partial charge in [-0.1, -0.05) is 36.4 Å². The Bertz CT molecular complexity index is 960. The van der Waals surface area contributed by atoms with Crippen LogP contribution in [-0.2, 0) is 20.9 Å². The highest BCUT2D eigenvalue weighted by molar-refractivity contribution is 5.98. The van der Waals surface area contributed by atoms with E-state index in [4.69, 9.17) is 14.2 Å². The number of nitrogens with zero attached hydrogens (tertiary/aromatic N) is 2. The molecule has 0 saturated heterocycles. The molecule has 2 aromatic rings. The second kappa shape index (κ2) is 12.0. The standard InChI is InChI=1S/C24H26N2O5/c1-4-26(5-2)23(27)17-30-21-12-11-19(14-22(21)29-3)13-20(15-25)24(28)31-16-18-9-7-6-8-10-18/h6-14H,4-5,16-17H2,1-3H3/b20-13-. The molecule has 0 aliphatic carbocycles. The first-order valence-corrected chi connectivity index (χ1v) is 9.93. The van der Waals surface area contributed by atoms with Gasteiger partial charge in [-0.25, -0.2) is 4.79 Å². The lowest BCUT2D eigenvalue weighted by atomic mass is 10.1. The third kappa shape index (κ3) is 6.89. The summed E-state index contributed by atoms with van der Waals surface area (Å²) < 4.78 is 16.2. The Hall–Kier alpha value is -3.79. The van der Waals surface area contributed by atoms with Crippen molar-refractivity contribution in [1.82, 2.24) is 4.90 Å². The van der Waals surface area contributed by atoms with Gasteiger partial charge in [0.1, 0.15) is 18.2 Å². The molecule has 0 N–H and O–H groups in total. The van der Waals surface area contributed by atoms with E-state index in [0.717, 1.165) is 5.56 Å². The van der Waals surface area contributed by atoms with Gasteiger partial charge in [-0.05, 0) is 43.2 Å². The Morgan fingerprint density at radius 1 is 1.06 bits per heavy atom. The van der Waals surface area contributed by atoms with Crippen molar-refractivity contribution in [2.75, 3.05) is 26.8 Å². The minimum Gasteiger partial charge on any atom is -0.493 e. The van der Waals surface area contributed by atoms with Crippen LogP contribution in [0.2, 0.25) is 0 Å². The van der Waals surface area contributed by atoms with Gasteiger partial charge < -0.3 is 19.1 Å². The fourth-order valence-corrected chi connectivity index (χ4v) is 2.80. The molecule has 0 aliphatic heterocycles. The smallest absolute Gasteiger partial charge is 0.349 e. The molecule has 1 amide bonds. The second-order valence-corrected chi connectivity index (χ2v) is 6.50. The SMILES string of the molecule is CCN(CC)C(=O)COc1ccc(/C=C(/C#N)C(=O)OCc2ccccc2)cc1OC. The summed E-state index contributed by atoms with van der Waals surface area (Å²) in [6.07, 6.45) is 1.42. The summed E-state index contributed by atoms with van der Waals surface area (Å²) in [6.45, 7) is 4.99. The van der Waals surface area contributed by atoms with Crippen LogP contribution >= 0.6 is 0 Å². The van der Waals surface area contributed by atoms with E-state index in [1.165, 1.54) is 13.2 Å². The monoisotopic (exact) mass is 422 g/mol. The Balaban J connectivity index is 2.09. The lowest BCUT2D eigenvalue weighted by molar-refractivity contribution is -0.139. The number of benzene rings is 2. The Kier molecular flexibility index (Phi) is 9.12. The summed E-state index contributed by atoms with van der Waals surface area (Å²) in [5.74, 6) is -0.0548. The van der Waals surface area contributed by atoms with Crippen molar-refractivity contribution in [3.8, 4) is 17.6 Å². The summed E-state index contributed by atoms with van der Waals surface area (Å²) in [6, 6.07) is 16.0. The predicted octanol–water partition coefficient (Wildman–Crippen LogP) is 3.59. The zero-order chi connectivity index (χ0) is 22.6. The number of esters is 1. The van der Waals surface area contributed by atoms with Crippen molar-refractivity contribution in [1.29, 1.82) is 5.26 Å². The molecule has 0 atom stereocenters. The van der Waals surface area contributed by atoms with Crippen molar-refractivity contribution in [2.45, 2.75) is 20.5 Å². The van der Waals surface area contributed by atoms with Crippen molar-refractivity contribution in [3.05, 3.63) is 65.2 Å². The highest BCUT2D eigenvalue weighted by atomic mass is 16.5. The minimum atomic E-state index is -0.713. The quantitative estimate of drug-likeness (QED) is 0.330. The van der Waals surface area contributed by atoms with Crippen LogP contribution in [0.3, 0.4) is 0 Å². The van der Waals surface area contributed by atoms with E-state index < -0.39 is 5.97 Å². The number of nitriles is 1. The van der Waals surface area contributed by atoms with E-state index >= 15 is 0 Å². The summed E-state index contributed by atoms with van der Waals surface area (Å²) in [7, 11) is 1.47. The van der Waals surface area contributed by atoms with Crippen molar-refractivity contribution >= 4 is 18.0 Å². The van der Waals surface area contributed by atoms with E-state index in [0.29, 0.717) is 30.2 Å². The summed E-state index contributed by atoms with van der Waals surface area (Å²) in [5.41, 5.74) is 1.26. The van der Waals surface area contributed by atoms with Crippen LogP contribution in [0, 0.1) is 11.3 Å². The Morgan fingerprint density at radius 2 is 1.77 bits per heavy atom. The number of amides is 1. The predicted molar refractivity (Wildman–Crippen MR) is 116 cm³/mol. The maximum absolute atomic E-state index is 12.3. The number of carbonyl (C=O) groups excluding carboxylic acids is 2. The van der Waals surface area contributed by atoms with Gasteiger partial charge in [0.15, 0.2) is 18.1 Å². The molecule has 0 bridgehead atoms. The van der Waals surface area contributed by atoms with Gasteiger partial charge >= 0.3 is 5.97 Å². The highest BCUT2D eigenvalue weighted by Crippen LogP contribution is 2.29. The Labute approximate surface area is 182 Å². The van der Waals surface area contributed by atoms with E-state index in [-0.39, 0.29) is 24.7 Å². The molecule has 0 saturated carbocycles. The van der Waals surface area contributed by atoms with Crippen molar-refractivity contribution < 1.29 is 23.8 Å². The third-order valence-electron chi connectivity index (χ3n) is 4.52. The number of rotatable bonds is 10. The summed E-state index contributed by atoms with van der Waals surface area (Å²) >= 11 is 0. The maximum atomic E-state index is 12.3. The van der Waals surface area contributed by atoms with Gasteiger partial charge in [0.2, 0.25) is 0 Å². The summed E-state index contributed by atoms with van der Waals surface area (Å²) in [5, 5.41) is 9.36. The van der Waals surface area contributed by atoms with Crippen LogP contribution in [0.25, 0.3) is 6.08 Å². The summed E-state index contributed by atoms with van der Waals surface area (Å²) in [4.78, 5) is 26.1. The van der Waals surface area contributed by atoms with E-state index in [1.54, 1.807) is 23.1 Å².